The lowest BCUT2D eigenvalue weighted by atomic mass is 9.55. The second kappa shape index (κ2) is 7.29. The molecule has 1 aromatic rings. The van der Waals surface area contributed by atoms with Crippen molar-refractivity contribution in [2.45, 2.75) is 49.5 Å². The molecule has 5 nitrogen and oxygen atoms in total. The van der Waals surface area contributed by atoms with Crippen LogP contribution < -0.4 is 15.2 Å². The first-order chi connectivity index (χ1) is 12.3. The molecular weight excluding hydrogens is 355 g/mol. The van der Waals surface area contributed by atoms with Gasteiger partial charge >= 0.3 is 0 Å². The van der Waals surface area contributed by atoms with Gasteiger partial charge in [0, 0.05) is 17.7 Å². The van der Waals surface area contributed by atoms with E-state index in [9.17, 15) is 12.8 Å². The first-order valence-corrected chi connectivity index (χ1v) is 10.9. The van der Waals surface area contributed by atoms with Crippen molar-refractivity contribution in [3.8, 4) is 5.75 Å². The number of fused-ring (bicyclic) bond motifs is 3. The molecule has 0 aromatic heterocycles. The van der Waals surface area contributed by atoms with Crippen molar-refractivity contribution in [3.05, 3.63) is 41.7 Å². The fraction of sp³-hybridized carbons (Fsp3) is 0.579. The van der Waals surface area contributed by atoms with Crippen LogP contribution in [-0.4, -0.2) is 33.4 Å². The Morgan fingerprint density at radius 2 is 1.77 bits per heavy atom. The summed E-state index contributed by atoms with van der Waals surface area (Å²) in [6.07, 6.45) is 7.31. The van der Waals surface area contributed by atoms with E-state index in [1.54, 1.807) is 0 Å². The summed E-state index contributed by atoms with van der Waals surface area (Å²) in [5, 5.41) is 0. The molecular formula is C19H27FN2O3S. The molecule has 0 aliphatic heterocycles. The van der Waals surface area contributed by atoms with Crippen LogP contribution in [0.3, 0.4) is 0 Å². The highest BCUT2D eigenvalue weighted by Gasteiger charge is 2.50. The van der Waals surface area contributed by atoms with Gasteiger partial charge in [-0.25, -0.2) is 17.5 Å². The third kappa shape index (κ3) is 4.10. The molecule has 7 heteroatoms. The van der Waals surface area contributed by atoms with Crippen LogP contribution in [0.5, 0.6) is 5.75 Å². The van der Waals surface area contributed by atoms with E-state index in [2.05, 4.69) is 16.9 Å². The normalized spacial score (nSPS) is 29.0. The number of sulfonamides is 1. The van der Waals surface area contributed by atoms with Gasteiger partial charge in [-0.1, -0.05) is 12.1 Å². The summed E-state index contributed by atoms with van der Waals surface area (Å²) in [6.45, 7) is 0.290. The van der Waals surface area contributed by atoms with E-state index in [0.29, 0.717) is 17.7 Å². The Morgan fingerprint density at radius 1 is 1.19 bits per heavy atom. The Kier molecular flexibility index (Phi) is 5.42. The van der Waals surface area contributed by atoms with Gasteiger partial charge in [-0.2, -0.15) is 0 Å². The summed E-state index contributed by atoms with van der Waals surface area (Å²) >= 11 is 0. The van der Waals surface area contributed by atoms with E-state index in [4.69, 9.17) is 10.5 Å². The fourth-order valence-electron chi connectivity index (χ4n) is 4.38. The SMILES string of the molecule is CS(=O)(=O)NC12CCC(c3ccc(OC/C(=C/F)CN)cc3)(CC1)CC2. The van der Waals surface area contributed by atoms with Crippen LogP contribution in [0.25, 0.3) is 0 Å². The van der Waals surface area contributed by atoms with Gasteiger partial charge in [0.2, 0.25) is 10.0 Å². The lowest BCUT2D eigenvalue weighted by molar-refractivity contribution is 0.0948. The van der Waals surface area contributed by atoms with E-state index in [1.807, 2.05) is 12.1 Å². The summed E-state index contributed by atoms with van der Waals surface area (Å²) in [5.74, 6) is 0.692. The van der Waals surface area contributed by atoms with Crippen LogP contribution in [0.2, 0.25) is 0 Å². The molecule has 0 radical (unpaired) electrons. The minimum atomic E-state index is -3.18. The summed E-state index contributed by atoms with van der Waals surface area (Å²) in [5.41, 5.74) is 6.99. The van der Waals surface area contributed by atoms with Crippen LogP contribution in [-0.2, 0) is 15.4 Å². The Labute approximate surface area is 154 Å². The average Bonchev–Trinajstić information content (AvgIpc) is 2.63. The number of ether oxygens (including phenoxy) is 1. The molecule has 3 aliphatic rings. The van der Waals surface area contributed by atoms with Crippen LogP contribution >= 0.6 is 0 Å². The monoisotopic (exact) mass is 382 g/mol. The van der Waals surface area contributed by atoms with Crippen molar-refractivity contribution >= 4 is 10.0 Å². The number of hydrogen-bond donors (Lipinski definition) is 2. The Bertz CT molecular complexity index is 750. The van der Waals surface area contributed by atoms with Crippen LogP contribution in [0.1, 0.15) is 44.1 Å². The number of nitrogens with one attached hydrogen (secondary N) is 1. The van der Waals surface area contributed by atoms with Crippen molar-refractivity contribution in [1.29, 1.82) is 0 Å². The molecule has 0 atom stereocenters. The van der Waals surface area contributed by atoms with Crippen molar-refractivity contribution in [2.24, 2.45) is 5.73 Å². The molecule has 26 heavy (non-hydrogen) atoms. The summed E-state index contributed by atoms with van der Waals surface area (Å²) in [7, 11) is -3.18. The first kappa shape index (κ1) is 19.3. The van der Waals surface area contributed by atoms with Crippen molar-refractivity contribution in [1.82, 2.24) is 4.72 Å². The smallest absolute Gasteiger partial charge is 0.209 e. The summed E-state index contributed by atoms with van der Waals surface area (Å²) in [4.78, 5) is 0. The maximum absolute atomic E-state index is 12.5. The first-order valence-electron chi connectivity index (χ1n) is 9.00. The van der Waals surface area contributed by atoms with Gasteiger partial charge in [-0.15, -0.1) is 0 Å². The van der Waals surface area contributed by atoms with Gasteiger partial charge in [0.15, 0.2) is 0 Å². The molecule has 3 fully saturated rings. The molecule has 144 valence electrons. The standard InChI is InChI=1S/C19H27FN2O3S/c1-26(23,24)22-19-9-6-18(7-10-19,8-11-19)16-2-4-17(5-3-16)25-14-15(12-20)13-21/h2-5,12,22H,6-11,13-14,21H2,1H3/b15-12+. The van der Waals surface area contributed by atoms with E-state index in [-0.39, 0.29) is 24.1 Å². The predicted octanol–water partition coefficient (Wildman–Crippen LogP) is 2.77. The third-order valence-electron chi connectivity index (χ3n) is 5.96. The fourth-order valence-corrected chi connectivity index (χ4v) is 5.47. The van der Waals surface area contributed by atoms with Crippen LogP contribution in [0, 0.1) is 0 Å². The third-order valence-corrected chi connectivity index (χ3v) is 6.76. The highest BCUT2D eigenvalue weighted by atomic mass is 32.2. The lowest BCUT2D eigenvalue weighted by Gasteiger charge is -2.53. The molecule has 0 saturated heterocycles. The van der Waals surface area contributed by atoms with Gasteiger partial charge in [0.1, 0.15) is 12.4 Å². The number of hydrogen-bond acceptors (Lipinski definition) is 4. The molecule has 4 rings (SSSR count). The second-order valence-corrected chi connectivity index (χ2v) is 9.47. The molecule has 2 bridgehead atoms. The van der Waals surface area contributed by atoms with Crippen molar-refractivity contribution in [3.63, 3.8) is 0 Å². The van der Waals surface area contributed by atoms with E-state index in [1.165, 1.54) is 11.8 Å². The van der Waals surface area contributed by atoms with Gasteiger partial charge in [-0.3, -0.25) is 0 Å². The largest absolute Gasteiger partial charge is 0.489 e. The number of benzene rings is 1. The van der Waals surface area contributed by atoms with E-state index >= 15 is 0 Å². The molecule has 3 saturated carbocycles. The van der Waals surface area contributed by atoms with Gasteiger partial charge < -0.3 is 10.5 Å². The quantitative estimate of drug-likeness (QED) is 0.760. The molecule has 0 heterocycles. The Morgan fingerprint density at radius 3 is 2.23 bits per heavy atom. The zero-order chi connectivity index (χ0) is 18.8. The highest BCUT2D eigenvalue weighted by Crippen LogP contribution is 2.53. The van der Waals surface area contributed by atoms with E-state index < -0.39 is 10.0 Å². The zero-order valence-electron chi connectivity index (χ0n) is 15.1. The molecule has 0 spiro atoms. The van der Waals surface area contributed by atoms with Crippen molar-refractivity contribution in [2.75, 3.05) is 19.4 Å². The van der Waals surface area contributed by atoms with Crippen molar-refractivity contribution < 1.29 is 17.5 Å². The van der Waals surface area contributed by atoms with Gasteiger partial charge in [0.05, 0.1) is 12.6 Å². The maximum Gasteiger partial charge on any atom is 0.209 e. The van der Waals surface area contributed by atoms with Gasteiger partial charge in [0.25, 0.3) is 0 Å². The molecule has 3 aliphatic carbocycles. The minimum absolute atomic E-state index is 0.126. The van der Waals surface area contributed by atoms with Gasteiger partial charge in [-0.05, 0) is 61.6 Å². The summed E-state index contributed by atoms with van der Waals surface area (Å²) in [6, 6.07) is 8.00. The minimum Gasteiger partial charge on any atom is -0.489 e. The average molecular weight is 383 g/mol. The maximum atomic E-state index is 12.5. The lowest BCUT2D eigenvalue weighted by Crippen LogP contribution is -2.57. The Balaban J connectivity index is 1.66. The Hall–Kier alpha value is -1.44. The van der Waals surface area contributed by atoms with Crippen LogP contribution in [0.4, 0.5) is 4.39 Å². The number of nitrogens with two attached hydrogens (primary N) is 1. The van der Waals surface area contributed by atoms with E-state index in [0.717, 1.165) is 38.5 Å². The molecule has 0 amide bonds. The second-order valence-electron chi connectivity index (χ2n) is 7.72. The zero-order valence-corrected chi connectivity index (χ0v) is 15.9. The van der Waals surface area contributed by atoms with Crippen LogP contribution in [0.15, 0.2) is 36.2 Å². The molecule has 1 aromatic carbocycles. The molecule has 3 N–H and O–H groups in total. The number of rotatable bonds is 7. The highest BCUT2D eigenvalue weighted by molar-refractivity contribution is 7.88. The topological polar surface area (TPSA) is 81.4 Å². The predicted molar refractivity (Wildman–Crippen MR) is 100 cm³/mol. The number of halogens is 1. The molecule has 0 unspecified atom stereocenters. The summed E-state index contributed by atoms with van der Waals surface area (Å²) < 4.78 is 44.3.